The van der Waals surface area contributed by atoms with Gasteiger partial charge in [-0.3, -0.25) is 0 Å². The molecule has 1 aromatic rings. The number of rotatable bonds is 4. The lowest BCUT2D eigenvalue weighted by atomic mass is 9.88. The van der Waals surface area contributed by atoms with E-state index in [1.165, 1.54) is 24.0 Å². The summed E-state index contributed by atoms with van der Waals surface area (Å²) in [5.41, 5.74) is 4.40. The maximum absolute atomic E-state index is 5.76. The molecule has 0 spiro atoms. The van der Waals surface area contributed by atoms with Crippen molar-refractivity contribution in [1.82, 2.24) is 0 Å². The van der Waals surface area contributed by atoms with Gasteiger partial charge >= 0.3 is 0 Å². The molecule has 1 saturated carbocycles. The van der Waals surface area contributed by atoms with E-state index in [9.17, 15) is 0 Å². The Morgan fingerprint density at radius 1 is 1.26 bits per heavy atom. The second-order valence-corrected chi connectivity index (χ2v) is 6.05. The first kappa shape index (κ1) is 12.5. The SMILES string of the molecule is CC(C)C1=CC2CC1C/C2=C\OCc1ccccc1. The first-order valence-electron chi connectivity index (χ1n) is 7.30. The standard InChI is InChI=1S/C18H22O/c1-13(2)18-10-15-8-16(18)9-17(15)12-19-11-14-6-4-3-5-7-14/h3-7,10,12-13,15-16H,8-9,11H2,1-2H3/b17-12+. The highest BCUT2D eigenvalue weighted by atomic mass is 16.5. The number of benzene rings is 1. The molecule has 2 unspecified atom stereocenters. The van der Waals surface area contributed by atoms with Crippen molar-refractivity contribution in [3.63, 3.8) is 0 Å². The largest absolute Gasteiger partial charge is 0.497 e. The molecule has 19 heavy (non-hydrogen) atoms. The normalized spacial score (nSPS) is 27.1. The molecular formula is C18H22O. The number of fused-ring (bicyclic) bond motifs is 2. The van der Waals surface area contributed by atoms with Crippen molar-refractivity contribution in [2.24, 2.45) is 17.8 Å². The van der Waals surface area contributed by atoms with Crippen LogP contribution in [0, 0.1) is 17.8 Å². The molecule has 2 aliphatic carbocycles. The van der Waals surface area contributed by atoms with Crippen LogP contribution < -0.4 is 0 Å². The molecule has 2 atom stereocenters. The van der Waals surface area contributed by atoms with E-state index in [2.05, 4.69) is 44.2 Å². The minimum absolute atomic E-state index is 0.651. The molecule has 0 saturated heterocycles. The van der Waals surface area contributed by atoms with Crippen molar-refractivity contribution in [2.75, 3.05) is 0 Å². The van der Waals surface area contributed by atoms with Crippen molar-refractivity contribution in [3.8, 4) is 0 Å². The van der Waals surface area contributed by atoms with E-state index in [0.717, 1.165) is 5.92 Å². The molecule has 3 rings (SSSR count). The molecule has 1 heteroatoms. The molecule has 0 radical (unpaired) electrons. The van der Waals surface area contributed by atoms with Crippen molar-refractivity contribution in [3.05, 3.63) is 59.4 Å². The highest BCUT2D eigenvalue weighted by molar-refractivity contribution is 5.33. The molecule has 2 bridgehead atoms. The second-order valence-electron chi connectivity index (χ2n) is 6.05. The van der Waals surface area contributed by atoms with Gasteiger partial charge in [-0.2, -0.15) is 0 Å². The first-order valence-corrected chi connectivity index (χ1v) is 7.30. The van der Waals surface area contributed by atoms with Crippen LogP contribution in [-0.4, -0.2) is 0 Å². The molecule has 0 N–H and O–H groups in total. The Hall–Kier alpha value is -1.50. The third-order valence-electron chi connectivity index (χ3n) is 4.36. The first-order chi connectivity index (χ1) is 9.24. The van der Waals surface area contributed by atoms with Gasteiger partial charge in [0.2, 0.25) is 0 Å². The third kappa shape index (κ3) is 2.60. The summed E-state index contributed by atoms with van der Waals surface area (Å²) >= 11 is 0. The summed E-state index contributed by atoms with van der Waals surface area (Å²) in [5.74, 6) is 2.15. The molecule has 0 aliphatic heterocycles. The lowest BCUT2D eigenvalue weighted by molar-refractivity contribution is 0.231. The monoisotopic (exact) mass is 254 g/mol. The Balaban J connectivity index is 1.59. The predicted octanol–water partition coefficient (Wildman–Crippen LogP) is 4.71. The summed E-state index contributed by atoms with van der Waals surface area (Å²) in [6.45, 7) is 5.30. The third-order valence-corrected chi connectivity index (χ3v) is 4.36. The van der Waals surface area contributed by atoms with E-state index >= 15 is 0 Å². The Labute approximate surface area is 116 Å². The van der Waals surface area contributed by atoms with Gasteiger partial charge in [0.15, 0.2) is 0 Å². The fraction of sp³-hybridized carbons (Fsp3) is 0.444. The van der Waals surface area contributed by atoms with Crippen LogP contribution in [0.4, 0.5) is 0 Å². The molecule has 1 aromatic carbocycles. The van der Waals surface area contributed by atoms with E-state index < -0.39 is 0 Å². The van der Waals surface area contributed by atoms with Crippen molar-refractivity contribution in [2.45, 2.75) is 33.3 Å². The average Bonchev–Trinajstić information content (AvgIpc) is 2.99. The number of allylic oxidation sites excluding steroid dienone is 3. The summed E-state index contributed by atoms with van der Waals surface area (Å²) in [4.78, 5) is 0. The Bertz CT molecular complexity index is 496. The molecule has 1 fully saturated rings. The zero-order valence-electron chi connectivity index (χ0n) is 11.8. The molecule has 2 aliphatic rings. The number of hydrogen-bond donors (Lipinski definition) is 0. The Morgan fingerprint density at radius 2 is 2.05 bits per heavy atom. The van der Waals surface area contributed by atoms with E-state index in [1.54, 1.807) is 5.57 Å². The second kappa shape index (κ2) is 5.24. The summed E-state index contributed by atoms with van der Waals surface area (Å²) in [6, 6.07) is 10.4. The lowest BCUT2D eigenvalue weighted by Gasteiger charge is -2.18. The van der Waals surface area contributed by atoms with Gasteiger partial charge in [-0.1, -0.05) is 55.8 Å². The summed E-state index contributed by atoms with van der Waals surface area (Å²) in [5, 5.41) is 0. The van der Waals surface area contributed by atoms with Crippen LogP contribution >= 0.6 is 0 Å². The average molecular weight is 254 g/mol. The fourth-order valence-electron chi connectivity index (χ4n) is 3.39. The quantitative estimate of drug-likeness (QED) is 0.558. The summed E-state index contributed by atoms with van der Waals surface area (Å²) in [7, 11) is 0. The zero-order valence-corrected chi connectivity index (χ0v) is 11.8. The molecule has 0 amide bonds. The van der Waals surface area contributed by atoms with Crippen LogP contribution in [0.1, 0.15) is 32.3 Å². The summed E-state index contributed by atoms with van der Waals surface area (Å²) < 4.78 is 5.76. The minimum atomic E-state index is 0.651. The topological polar surface area (TPSA) is 9.23 Å². The predicted molar refractivity (Wildman–Crippen MR) is 78.4 cm³/mol. The van der Waals surface area contributed by atoms with Gasteiger partial charge in [0.25, 0.3) is 0 Å². The maximum atomic E-state index is 5.76. The van der Waals surface area contributed by atoms with Crippen molar-refractivity contribution in [1.29, 1.82) is 0 Å². The van der Waals surface area contributed by atoms with Crippen LogP contribution in [0.15, 0.2) is 53.8 Å². The maximum Gasteiger partial charge on any atom is 0.112 e. The molecule has 100 valence electrons. The van der Waals surface area contributed by atoms with Gasteiger partial charge in [0.05, 0.1) is 6.26 Å². The number of hydrogen-bond acceptors (Lipinski definition) is 1. The van der Waals surface area contributed by atoms with Gasteiger partial charge in [-0.05, 0) is 35.8 Å². The lowest BCUT2D eigenvalue weighted by Crippen LogP contribution is -2.05. The summed E-state index contributed by atoms with van der Waals surface area (Å²) in [6.07, 6.45) is 7.03. The van der Waals surface area contributed by atoms with Gasteiger partial charge in [0.1, 0.15) is 6.61 Å². The van der Waals surface area contributed by atoms with Crippen molar-refractivity contribution < 1.29 is 4.74 Å². The highest BCUT2D eigenvalue weighted by Gasteiger charge is 2.37. The van der Waals surface area contributed by atoms with Crippen LogP contribution in [0.5, 0.6) is 0 Å². The van der Waals surface area contributed by atoms with Crippen LogP contribution in [0.2, 0.25) is 0 Å². The molecular weight excluding hydrogens is 232 g/mol. The number of ether oxygens (including phenoxy) is 1. The van der Waals surface area contributed by atoms with Gasteiger partial charge in [-0.15, -0.1) is 0 Å². The molecule has 1 nitrogen and oxygen atoms in total. The smallest absolute Gasteiger partial charge is 0.112 e. The fourth-order valence-corrected chi connectivity index (χ4v) is 3.39. The van der Waals surface area contributed by atoms with E-state index in [0.29, 0.717) is 18.4 Å². The van der Waals surface area contributed by atoms with Crippen molar-refractivity contribution >= 4 is 0 Å². The molecule has 0 aromatic heterocycles. The van der Waals surface area contributed by atoms with Gasteiger partial charge < -0.3 is 4.74 Å². The van der Waals surface area contributed by atoms with Gasteiger partial charge in [0, 0.05) is 5.92 Å². The van der Waals surface area contributed by atoms with E-state index in [-0.39, 0.29) is 0 Å². The van der Waals surface area contributed by atoms with Gasteiger partial charge in [-0.25, -0.2) is 0 Å². The van der Waals surface area contributed by atoms with Crippen LogP contribution in [-0.2, 0) is 11.3 Å². The van der Waals surface area contributed by atoms with Crippen LogP contribution in [0.25, 0.3) is 0 Å². The highest BCUT2D eigenvalue weighted by Crippen LogP contribution is 2.49. The Morgan fingerprint density at radius 3 is 2.68 bits per heavy atom. The van der Waals surface area contributed by atoms with E-state index in [1.807, 2.05) is 12.3 Å². The van der Waals surface area contributed by atoms with Crippen LogP contribution in [0.3, 0.4) is 0 Å². The van der Waals surface area contributed by atoms with E-state index in [4.69, 9.17) is 4.74 Å². The zero-order chi connectivity index (χ0) is 13.2. The minimum Gasteiger partial charge on any atom is -0.497 e. The Kier molecular flexibility index (Phi) is 3.46. The molecule has 0 heterocycles.